The normalized spacial score (nSPS) is 24.0. The van der Waals surface area contributed by atoms with E-state index in [9.17, 15) is 0 Å². The van der Waals surface area contributed by atoms with Crippen LogP contribution in [-0.2, 0) is 11.8 Å². The third kappa shape index (κ3) is 2.89. The SMILES string of the molecule is C=C1C2N(c3ccccc3)C=CN2c2ccccc2CCC2[n+]3ccccc3-c3ccccc3C12C. The molecule has 3 nitrogen and oxygen atoms in total. The van der Waals surface area contributed by atoms with Crippen LogP contribution in [0.25, 0.3) is 11.3 Å². The van der Waals surface area contributed by atoms with Gasteiger partial charge in [-0.05, 0) is 60.4 Å². The van der Waals surface area contributed by atoms with Gasteiger partial charge in [-0.15, -0.1) is 0 Å². The fourth-order valence-corrected chi connectivity index (χ4v) is 6.74. The number of aryl methyl sites for hydroxylation is 1. The zero-order valence-electron chi connectivity index (χ0n) is 20.6. The standard InChI is InChI=1S/C33H30N3/c1-24-32-34(26-13-4-3-5-14-26)22-23-36(32)29-17-9-6-12-25(29)19-20-31-33(24,2)28-16-8-7-15-27(28)30-18-10-11-21-35(30)31/h3-18,21-23,31-32H,1,19-20H2,2H3/q+1. The number of anilines is 2. The van der Waals surface area contributed by atoms with Crippen LogP contribution in [0.4, 0.5) is 11.4 Å². The van der Waals surface area contributed by atoms with E-state index in [0.29, 0.717) is 0 Å². The van der Waals surface area contributed by atoms with Crippen molar-refractivity contribution in [3.8, 4) is 11.3 Å². The lowest BCUT2D eigenvalue weighted by atomic mass is 9.64. The van der Waals surface area contributed by atoms with Crippen molar-refractivity contribution in [2.24, 2.45) is 0 Å². The quantitative estimate of drug-likeness (QED) is 0.225. The van der Waals surface area contributed by atoms with Gasteiger partial charge in [0.2, 0.25) is 5.69 Å². The van der Waals surface area contributed by atoms with Gasteiger partial charge in [0, 0.05) is 42.3 Å². The third-order valence-corrected chi connectivity index (χ3v) is 8.56. The molecule has 0 radical (unpaired) electrons. The molecular weight excluding hydrogens is 438 g/mol. The third-order valence-electron chi connectivity index (χ3n) is 8.56. The van der Waals surface area contributed by atoms with E-state index in [0.717, 1.165) is 12.8 Å². The van der Waals surface area contributed by atoms with Gasteiger partial charge in [-0.2, -0.15) is 4.57 Å². The van der Waals surface area contributed by atoms with Gasteiger partial charge >= 0.3 is 0 Å². The number of nitrogens with zero attached hydrogens (tertiary/aromatic N) is 3. The number of pyridine rings is 1. The Hall–Kier alpha value is -4.11. The van der Waals surface area contributed by atoms with Crippen LogP contribution in [0.3, 0.4) is 0 Å². The first kappa shape index (κ1) is 21.2. The summed E-state index contributed by atoms with van der Waals surface area (Å²) in [5, 5.41) is 0. The summed E-state index contributed by atoms with van der Waals surface area (Å²) < 4.78 is 2.51. The number of hydrogen-bond acceptors (Lipinski definition) is 2. The average Bonchev–Trinajstić information content (AvgIpc) is 3.38. The lowest BCUT2D eigenvalue weighted by Gasteiger charge is -2.45. The van der Waals surface area contributed by atoms with Gasteiger partial charge in [-0.1, -0.05) is 61.2 Å². The Labute approximate surface area is 213 Å². The first-order valence-corrected chi connectivity index (χ1v) is 12.9. The van der Waals surface area contributed by atoms with Gasteiger partial charge in [-0.25, -0.2) is 0 Å². The Morgan fingerprint density at radius 1 is 0.806 bits per heavy atom. The summed E-state index contributed by atoms with van der Waals surface area (Å²) in [7, 11) is 0. The Morgan fingerprint density at radius 2 is 1.53 bits per heavy atom. The summed E-state index contributed by atoms with van der Waals surface area (Å²) in [5.41, 5.74) is 8.75. The van der Waals surface area contributed by atoms with Crippen LogP contribution in [0.5, 0.6) is 0 Å². The summed E-state index contributed by atoms with van der Waals surface area (Å²) in [6, 6.07) is 35.4. The Morgan fingerprint density at radius 3 is 2.42 bits per heavy atom. The highest BCUT2D eigenvalue weighted by Gasteiger charge is 2.54. The zero-order chi connectivity index (χ0) is 24.3. The molecule has 0 saturated heterocycles. The first-order chi connectivity index (χ1) is 17.7. The summed E-state index contributed by atoms with van der Waals surface area (Å²) >= 11 is 0. The van der Waals surface area contributed by atoms with Crippen molar-refractivity contribution in [3.63, 3.8) is 0 Å². The number of hydrogen-bond donors (Lipinski definition) is 0. The molecule has 0 fully saturated rings. The molecule has 3 unspecified atom stereocenters. The van der Waals surface area contributed by atoms with E-state index < -0.39 is 0 Å². The Balaban J connectivity index is 1.49. The molecule has 36 heavy (non-hydrogen) atoms. The van der Waals surface area contributed by atoms with Crippen LogP contribution in [0, 0.1) is 0 Å². The highest BCUT2D eigenvalue weighted by Crippen LogP contribution is 2.52. The number of fused-ring (bicyclic) bond motifs is 9. The van der Waals surface area contributed by atoms with Gasteiger partial charge in [0.05, 0.1) is 11.0 Å². The van der Waals surface area contributed by atoms with Crippen LogP contribution >= 0.6 is 0 Å². The molecule has 0 aliphatic carbocycles. The average molecular weight is 469 g/mol. The van der Waals surface area contributed by atoms with Crippen LogP contribution in [-0.4, -0.2) is 6.17 Å². The molecule has 3 aliphatic heterocycles. The fraction of sp³-hybridized carbons (Fsp3) is 0.182. The molecule has 0 spiro atoms. The second-order valence-electron chi connectivity index (χ2n) is 10.3. The van der Waals surface area contributed by atoms with E-state index in [1.54, 1.807) is 0 Å². The second-order valence-corrected chi connectivity index (χ2v) is 10.3. The van der Waals surface area contributed by atoms with E-state index in [1.165, 1.54) is 39.3 Å². The molecule has 3 heteroatoms. The maximum absolute atomic E-state index is 4.94. The molecule has 0 saturated carbocycles. The second kappa shape index (κ2) is 7.96. The first-order valence-electron chi connectivity index (χ1n) is 12.9. The van der Waals surface area contributed by atoms with Gasteiger partial charge in [0.1, 0.15) is 6.17 Å². The highest BCUT2D eigenvalue weighted by molar-refractivity contribution is 5.71. The molecular formula is C33H30N3+. The van der Waals surface area contributed by atoms with Crippen LogP contribution in [0.15, 0.2) is 128 Å². The van der Waals surface area contributed by atoms with Crippen LogP contribution < -0.4 is 14.4 Å². The van der Waals surface area contributed by atoms with Gasteiger partial charge in [0.25, 0.3) is 0 Å². The molecule has 7 rings (SSSR count). The number of rotatable bonds is 1. The van der Waals surface area contributed by atoms with Crippen molar-refractivity contribution in [2.45, 2.75) is 37.4 Å². The number of benzene rings is 3. The van der Waals surface area contributed by atoms with Crippen molar-refractivity contribution in [2.75, 3.05) is 9.80 Å². The number of para-hydroxylation sites is 2. The minimum Gasteiger partial charge on any atom is -0.322 e. The largest absolute Gasteiger partial charge is 0.322 e. The fourth-order valence-electron chi connectivity index (χ4n) is 6.74. The highest BCUT2D eigenvalue weighted by atomic mass is 15.4. The molecule has 0 bridgehead atoms. The summed E-state index contributed by atoms with van der Waals surface area (Å²) in [6.45, 7) is 7.37. The molecule has 3 aromatic carbocycles. The maximum Gasteiger partial charge on any atom is 0.213 e. The van der Waals surface area contributed by atoms with Gasteiger partial charge in [-0.3, -0.25) is 0 Å². The van der Waals surface area contributed by atoms with Gasteiger partial charge < -0.3 is 9.80 Å². The minimum atomic E-state index is -0.264. The van der Waals surface area contributed by atoms with Crippen molar-refractivity contribution < 1.29 is 4.57 Å². The Bertz CT molecular complexity index is 1500. The lowest BCUT2D eigenvalue weighted by molar-refractivity contribution is -0.723. The van der Waals surface area contributed by atoms with Crippen molar-refractivity contribution >= 4 is 11.4 Å². The molecule has 1 aromatic heterocycles. The Kier molecular flexibility index (Phi) is 4.69. The van der Waals surface area contributed by atoms with Crippen molar-refractivity contribution in [3.05, 3.63) is 139 Å². The summed E-state index contributed by atoms with van der Waals surface area (Å²) in [4.78, 5) is 4.83. The molecule has 0 N–H and O–H groups in total. The minimum absolute atomic E-state index is 0.0296. The van der Waals surface area contributed by atoms with E-state index >= 15 is 0 Å². The molecule has 3 atom stereocenters. The monoisotopic (exact) mass is 468 g/mol. The molecule has 176 valence electrons. The molecule has 3 aliphatic rings. The van der Waals surface area contributed by atoms with E-state index in [1.807, 2.05) is 0 Å². The van der Waals surface area contributed by atoms with Crippen molar-refractivity contribution in [1.29, 1.82) is 0 Å². The lowest BCUT2D eigenvalue weighted by Crippen LogP contribution is -2.58. The smallest absolute Gasteiger partial charge is 0.213 e. The summed E-state index contributed by atoms with van der Waals surface area (Å²) in [5.74, 6) is 0. The molecule has 4 aromatic rings. The predicted molar refractivity (Wildman–Crippen MR) is 147 cm³/mol. The number of aromatic nitrogens is 1. The predicted octanol–water partition coefficient (Wildman–Crippen LogP) is 6.78. The van der Waals surface area contributed by atoms with Gasteiger partial charge in [0.15, 0.2) is 12.2 Å². The maximum atomic E-state index is 4.94. The van der Waals surface area contributed by atoms with E-state index in [-0.39, 0.29) is 17.6 Å². The van der Waals surface area contributed by atoms with E-state index in [2.05, 4.69) is 137 Å². The molecule has 4 heterocycles. The summed E-state index contributed by atoms with van der Waals surface area (Å²) in [6.07, 6.45) is 8.75. The topological polar surface area (TPSA) is 10.4 Å². The molecule has 0 amide bonds. The zero-order valence-corrected chi connectivity index (χ0v) is 20.6. The van der Waals surface area contributed by atoms with Crippen LogP contribution in [0.1, 0.15) is 30.5 Å². The van der Waals surface area contributed by atoms with E-state index in [4.69, 9.17) is 6.58 Å². The van der Waals surface area contributed by atoms with Crippen molar-refractivity contribution in [1.82, 2.24) is 0 Å². The van der Waals surface area contributed by atoms with Crippen LogP contribution in [0.2, 0.25) is 0 Å².